The Labute approximate surface area is 146 Å². The highest BCUT2D eigenvalue weighted by molar-refractivity contribution is 6.04. The third-order valence-corrected chi connectivity index (χ3v) is 3.71. The largest absolute Gasteiger partial charge is 0.363 e. The first-order valence-corrected chi connectivity index (χ1v) is 7.89. The quantitative estimate of drug-likeness (QED) is 0.792. The maximum absolute atomic E-state index is 12.4. The van der Waals surface area contributed by atoms with Gasteiger partial charge in [-0.25, -0.2) is 14.6 Å². The lowest BCUT2D eigenvalue weighted by molar-refractivity contribution is 0.102. The van der Waals surface area contributed by atoms with Crippen LogP contribution in [-0.4, -0.2) is 39.8 Å². The van der Waals surface area contributed by atoms with Crippen LogP contribution in [-0.2, 0) is 0 Å². The molecule has 0 radical (unpaired) electrons. The van der Waals surface area contributed by atoms with Gasteiger partial charge >= 0.3 is 0 Å². The Bertz CT molecular complexity index is 881. The molecule has 7 nitrogen and oxygen atoms in total. The fraction of sp³-hybridized carbons (Fsp3) is 0.222. The molecular weight excluding hydrogens is 316 g/mol. The van der Waals surface area contributed by atoms with Crippen molar-refractivity contribution in [2.45, 2.75) is 13.8 Å². The van der Waals surface area contributed by atoms with Crippen molar-refractivity contribution in [3.05, 3.63) is 59.8 Å². The lowest BCUT2D eigenvalue weighted by Crippen LogP contribution is -2.14. The summed E-state index contributed by atoms with van der Waals surface area (Å²) in [6, 6.07) is 10.9. The molecule has 2 heterocycles. The molecule has 7 heteroatoms. The van der Waals surface area contributed by atoms with E-state index in [1.54, 1.807) is 23.0 Å². The topological polar surface area (TPSA) is 75.9 Å². The number of hydrogen-bond donors (Lipinski definition) is 1. The van der Waals surface area contributed by atoms with Gasteiger partial charge in [0.1, 0.15) is 17.5 Å². The van der Waals surface area contributed by atoms with Crippen LogP contribution >= 0.6 is 0 Å². The average molecular weight is 336 g/mol. The Kier molecular flexibility index (Phi) is 4.47. The second-order valence-electron chi connectivity index (χ2n) is 5.92. The molecule has 0 atom stereocenters. The smallest absolute Gasteiger partial charge is 0.255 e. The molecule has 0 fully saturated rings. The van der Waals surface area contributed by atoms with Gasteiger partial charge in [-0.1, -0.05) is 0 Å². The maximum Gasteiger partial charge on any atom is 0.255 e. The van der Waals surface area contributed by atoms with Crippen LogP contribution in [0.1, 0.15) is 22.0 Å². The summed E-state index contributed by atoms with van der Waals surface area (Å²) in [6.07, 6.45) is 1.64. The van der Waals surface area contributed by atoms with Gasteiger partial charge in [-0.2, -0.15) is 5.10 Å². The zero-order valence-electron chi connectivity index (χ0n) is 14.7. The van der Waals surface area contributed by atoms with E-state index in [4.69, 9.17) is 0 Å². The van der Waals surface area contributed by atoms with Gasteiger partial charge in [-0.05, 0) is 50.2 Å². The predicted molar refractivity (Wildman–Crippen MR) is 97.4 cm³/mol. The molecule has 1 aromatic carbocycles. The summed E-state index contributed by atoms with van der Waals surface area (Å²) in [7, 11) is 3.83. The minimum Gasteiger partial charge on any atom is -0.363 e. The van der Waals surface area contributed by atoms with Crippen LogP contribution in [0, 0.1) is 13.8 Å². The Morgan fingerprint density at radius 1 is 1.08 bits per heavy atom. The number of benzene rings is 1. The van der Waals surface area contributed by atoms with Crippen LogP contribution in [0.2, 0.25) is 0 Å². The number of nitrogens with zero attached hydrogens (tertiary/aromatic N) is 5. The van der Waals surface area contributed by atoms with E-state index in [-0.39, 0.29) is 5.91 Å². The number of aromatic nitrogens is 4. The van der Waals surface area contributed by atoms with E-state index in [1.165, 1.54) is 0 Å². The Morgan fingerprint density at radius 3 is 2.32 bits per heavy atom. The first-order valence-electron chi connectivity index (χ1n) is 7.89. The van der Waals surface area contributed by atoms with Gasteiger partial charge in [-0.15, -0.1) is 0 Å². The second-order valence-corrected chi connectivity index (χ2v) is 5.92. The van der Waals surface area contributed by atoms with Crippen molar-refractivity contribution in [2.75, 3.05) is 24.3 Å². The fourth-order valence-corrected chi connectivity index (χ4v) is 2.45. The highest BCUT2D eigenvalue weighted by Gasteiger charge is 2.09. The zero-order chi connectivity index (χ0) is 18.0. The van der Waals surface area contributed by atoms with E-state index in [9.17, 15) is 4.79 Å². The number of carbonyl (C=O) groups is 1. The molecule has 0 aliphatic rings. The molecule has 0 saturated carbocycles. The van der Waals surface area contributed by atoms with E-state index in [2.05, 4.69) is 20.4 Å². The van der Waals surface area contributed by atoms with Gasteiger partial charge < -0.3 is 10.2 Å². The Morgan fingerprint density at radius 2 is 1.80 bits per heavy atom. The van der Waals surface area contributed by atoms with Crippen molar-refractivity contribution in [1.29, 1.82) is 0 Å². The first-order chi connectivity index (χ1) is 11.9. The normalized spacial score (nSPS) is 10.6. The summed E-state index contributed by atoms with van der Waals surface area (Å²) in [6.45, 7) is 3.74. The molecule has 0 unspecified atom stereocenters. The average Bonchev–Trinajstić information content (AvgIpc) is 2.94. The van der Waals surface area contributed by atoms with Crippen LogP contribution in [0.4, 0.5) is 11.5 Å². The summed E-state index contributed by atoms with van der Waals surface area (Å²) in [5.41, 5.74) is 2.09. The van der Waals surface area contributed by atoms with Crippen molar-refractivity contribution >= 4 is 17.4 Å². The number of amides is 1. The number of hydrogen-bond acceptors (Lipinski definition) is 5. The number of nitrogens with one attached hydrogen (secondary N) is 1. The standard InChI is InChI=1S/C18H20N6O/c1-12-20-13(2)24(22-12)16-8-5-14(6-9-16)18(25)21-15-7-10-17(19-11-15)23(3)4/h5-11H,1-4H3,(H,21,25). The van der Waals surface area contributed by atoms with Crippen LogP contribution in [0.25, 0.3) is 5.69 Å². The number of rotatable bonds is 4. The lowest BCUT2D eigenvalue weighted by atomic mass is 10.2. The van der Waals surface area contributed by atoms with E-state index in [0.29, 0.717) is 17.1 Å². The molecule has 1 N–H and O–H groups in total. The molecule has 0 bridgehead atoms. The first kappa shape index (κ1) is 16.6. The second kappa shape index (κ2) is 6.72. The molecule has 128 valence electrons. The minimum atomic E-state index is -0.183. The molecule has 2 aromatic heterocycles. The van der Waals surface area contributed by atoms with Gasteiger partial charge in [-0.3, -0.25) is 4.79 Å². The van der Waals surface area contributed by atoms with Crippen LogP contribution < -0.4 is 10.2 Å². The molecule has 3 aromatic rings. The van der Waals surface area contributed by atoms with E-state index in [0.717, 1.165) is 17.3 Å². The summed E-state index contributed by atoms with van der Waals surface area (Å²) < 4.78 is 1.75. The Hall–Kier alpha value is -3.22. The molecule has 25 heavy (non-hydrogen) atoms. The van der Waals surface area contributed by atoms with Crippen molar-refractivity contribution in [1.82, 2.24) is 19.7 Å². The third kappa shape index (κ3) is 3.65. The van der Waals surface area contributed by atoms with Gasteiger partial charge in [0.05, 0.1) is 17.6 Å². The summed E-state index contributed by atoms with van der Waals surface area (Å²) in [4.78, 5) is 22.8. The summed E-state index contributed by atoms with van der Waals surface area (Å²) in [5, 5.41) is 7.18. The lowest BCUT2D eigenvalue weighted by Gasteiger charge is -2.11. The van der Waals surface area contributed by atoms with E-state index in [1.807, 2.05) is 57.1 Å². The molecule has 0 aliphatic heterocycles. The zero-order valence-corrected chi connectivity index (χ0v) is 14.7. The van der Waals surface area contributed by atoms with Crippen molar-refractivity contribution in [2.24, 2.45) is 0 Å². The maximum atomic E-state index is 12.4. The van der Waals surface area contributed by atoms with Crippen LogP contribution in [0.3, 0.4) is 0 Å². The summed E-state index contributed by atoms with van der Waals surface area (Å²) in [5.74, 6) is 2.17. The highest BCUT2D eigenvalue weighted by atomic mass is 16.1. The molecule has 0 saturated heterocycles. The van der Waals surface area contributed by atoms with Gasteiger partial charge in [0, 0.05) is 19.7 Å². The number of anilines is 2. The molecule has 3 rings (SSSR count). The number of carbonyl (C=O) groups excluding carboxylic acids is 1. The van der Waals surface area contributed by atoms with Gasteiger partial charge in [0.15, 0.2) is 0 Å². The summed E-state index contributed by atoms with van der Waals surface area (Å²) >= 11 is 0. The van der Waals surface area contributed by atoms with E-state index < -0.39 is 0 Å². The van der Waals surface area contributed by atoms with Gasteiger partial charge in [0.25, 0.3) is 5.91 Å². The molecule has 0 spiro atoms. The SMILES string of the molecule is Cc1nc(C)n(-c2ccc(C(=O)Nc3ccc(N(C)C)nc3)cc2)n1. The van der Waals surface area contributed by atoms with Crippen LogP contribution in [0.5, 0.6) is 0 Å². The molecule has 0 aliphatic carbocycles. The Balaban J connectivity index is 1.73. The highest BCUT2D eigenvalue weighted by Crippen LogP contribution is 2.15. The number of aryl methyl sites for hydroxylation is 2. The molecule has 1 amide bonds. The van der Waals surface area contributed by atoms with Gasteiger partial charge in [0.2, 0.25) is 0 Å². The van der Waals surface area contributed by atoms with Crippen LogP contribution in [0.15, 0.2) is 42.6 Å². The van der Waals surface area contributed by atoms with Crippen molar-refractivity contribution < 1.29 is 4.79 Å². The third-order valence-electron chi connectivity index (χ3n) is 3.71. The predicted octanol–water partition coefficient (Wildman–Crippen LogP) is 2.60. The molecular formula is C18H20N6O. The monoisotopic (exact) mass is 336 g/mol. The van der Waals surface area contributed by atoms with E-state index >= 15 is 0 Å². The number of pyridine rings is 1. The van der Waals surface area contributed by atoms with Crippen molar-refractivity contribution in [3.8, 4) is 5.69 Å². The van der Waals surface area contributed by atoms with Crippen molar-refractivity contribution in [3.63, 3.8) is 0 Å². The minimum absolute atomic E-state index is 0.183. The fourth-order valence-electron chi connectivity index (χ4n) is 2.45.